The predicted octanol–water partition coefficient (Wildman–Crippen LogP) is 1.83. The van der Waals surface area contributed by atoms with E-state index in [2.05, 4.69) is 9.98 Å². The number of hydrogen-bond donors (Lipinski definition) is 4. The second kappa shape index (κ2) is 15.1. The van der Waals surface area contributed by atoms with Gasteiger partial charge in [-0.15, -0.1) is 0 Å². The summed E-state index contributed by atoms with van der Waals surface area (Å²) in [5.41, 5.74) is 11.5. The van der Waals surface area contributed by atoms with E-state index in [0.29, 0.717) is 49.3 Å². The summed E-state index contributed by atoms with van der Waals surface area (Å²) in [6.45, 7) is 4.81. The Kier molecular flexibility index (Phi) is 11.9. The molecule has 1 atom stereocenters. The zero-order valence-corrected chi connectivity index (χ0v) is 22.8. The number of rotatable bonds is 10. The second-order valence-corrected chi connectivity index (χ2v) is 8.59. The summed E-state index contributed by atoms with van der Waals surface area (Å²) in [5, 5.41) is 16.8. The second-order valence-electron chi connectivity index (χ2n) is 8.59. The Labute approximate surface area is 227 Å². The van der Waals surface area contributed by atoms with Crippen LogP contribution < -0.4 is 21.8 Å². The highest BCUT2D eigenvalue weighted by Crippen LogP contribution is 2.15. The number of carboxylic acid groups (broad SMARTS) is 1. The molecule has 0 radical (unpaired) electrons. The molecule has 0 aliphatic rings. The fraction of sp³-hybridized carbons (Fsp3) is 0.370. The van der Waals surface area contributed by atoms with Gasteiger partial charge in [-0.2, -0.15) is 4.99 Å². The van der Waals surface area contributed by atoms with Crippen molar-refractivity contribution in [2.45, 2.75) is 39.3 Å². The molecule has 0 bridgehead atoms. The number of ether oxygens (including phenoxy) is 2. The first-order valence-corrected chi connectivity index (χ1v) is 12.5. The maximum Gasteiger partial charge on any atom is 0.333 e. The van der Waals surface area contributed by atoms with E-state index in [9.17, 15) is 14.7 Å². The van der Waals surface area contributed by atoms with E-state index in [1.807, 2.05) is 37.3 Å². The van der Waals surface area contributed by atoms with E-state index in [-0.39, 0.29) is 17.5 Å². The molecule has 1 heterocycles. The minimum absolute atomic E-state index is 0.0509. The number of guanidine groups is 2. The summed E-state index contributed by atoms with van der Waals surface area (Å²) in [5.74, 6) is 0.372. The molecule has 210 valence electrons. The van der Waals surface area contributed by atoms with E-state index >= 15 is 0 Å². The third kappa shape index (κ3) is 9.42. The lowest BCUT2D eigenvalue weighted by Gasteiger charge is -2.14. The van der Waals surface area contributed by atoms with Gasteiger partial charge in [0.05, 0.1) is 17.4 Å². The molecule has 12 nitrogen and oxygen atoms in total. The number of carboxylic acids is 1. The van der Waals surface area contributed by atoms with Crippen LogP contribution in [0.2, 0.25) is 0 Å². The van der Waals surface area contributed by atoms with Gasteiger partial charge in [-0.25, -0.2) is 9.78 Å². The van der Waals surface area contributed by atoms with Gasteiger partial charge in [0.1, 0.15) is 18.2 Å². The molecule has 3 rings (SSSR count). The van der Waals surface area contributed by atoms with Crippen LogP contribution in [-0.4, -0.2) is 70.9 Å². The van der Waals surface area contributed by atoms with Crippen LogP contribution in [0.3, 0.4) is 0 Å². The summed E-state index contributed by atoms with van der Waals surface area (Å²) in [4.78, 5) is 33.6. The lowest BCUT2D eigenvalue weighted by Crippen LogP contribution is -2.28. The Bertz CT molecular complexity index is 1330. The maximum atomic E-state index is 12.8. The lowest BCUT2D eigenvalue weighted by molar-refractivity contribution is -0.149. The zero-order chi connectivity index (χ0) is 28.9. The maximum absolute atomic E-state index is 12.8. The van der Waals surface area contributed by atoms with Crippen molar-refractivity contribution in [3.05, 3.63) is 70.3 Å². The monoisotopic (exact) mass is 539 g/mol. The number of aliphatic carboxylic acids is 1. The molecule has 0 aliphatic heterocycles. The van der Waals surface area contributed by atoms with Crippen LogP contribution >= 0.6 is 0 Å². The Morgan fingerprint density at radius 3 is 2.36 bits per heavy atom. The molecular weight excluding hydrogens is 502 g/mol. The molecule has 39 heavy (non-hydrogen) atoms. The molecule has 3 aromatic rings. The number of hydrogen-bond acceptors (Lipinski definition) is 6. The summed E-state index contributed by atoms with van der Waals surface area (Å²) in [7, 11) is 3.38. The van der Waals surface area contributed by atoms with Crippen molar-refractivity contribution >= 4 is 28.8 Å². The van der Waals surface area contributed by atoms with Gasteiger partial charge in [-0.05, 0) is 36.8 Å². The Balaban J connectivity index is 0.000000510. The highest BCUT2D eigenvalue weighted by molar-refractivity contribution is 5.91. The normalized spacial score (nSPS) is 11.2. The van der Waals surface area contributed by atoms with Crippen molar-refractivity contribution in [2.75, 3.05) is 27.3 Å². The third-order valence-electron chi connectivity index (χ3n) is 5.49. The van der Waals surface area contributed by atoms with Gasteiger partial charge in [0.25, 0.3) is 5.56 Å². The van der Waals surface area contributed by atoms with Crippen LogP contribution in [0.1, 0.15) is 25.2 Å². The zero-order valence-electron chi connectivity index (χ0n) is 22.8. The lowest BCUT2D eigenvalue weighted by atomic mass is 10.1. The molecule has 1 aromatic heterocycles. The van der Waals surface area contributed by atoms with Crippen molar-refractivity contribution in [1.82, 2.24) is 14.5 Å². The van der Waals surface area contributed by atoms with Crippen molar-refractivity contribution < 1.29 is 19.4 Å². The summed E-state index contributed by atoms with van der Waals surface area (Å²) < 4.78 is 12.7. The van der Waals surface area contributed by atoms with E-state index in [0.717, 1.165) is 11.4 Å². The molecule has 0 saturated carbocycles. The standard InChI is InChI=1S/C23H26N2O5.C4H11N5/c1-3-21-24-19-8-6-5-7-18(19)22(26)25(21)13-14-30-17-11-9-16(10-12-17)15-20(23(27)28)29-4-2;1-9(2)4(7)8-3(5)6/h5-12,20H,3-4,13-15H2,1-2H3,(H,27,28);1-2H3,(H5,5,6,7,8)/t20-;/m1./s1. The number of nitrogens with one attached hydrogen (secondary N) is 1. The highest BCUT2D eigenvalue weighted by Gasteiger charge is 2.18. The largest absolute Gasteiger partial charge is 0.492 e. The smallest absolute Gasteiger partial charge is 0.333 e. The van der Waals surface area contributed by atoms with Gasteiger partial charge < -0.3 is 30.9 Å². The number of fused-ring (bicyclic) bond motifs is 1. The van der Waals surface area contributed by atoms with Gasteiger partial charge in [0.15, 0.2) is 12.1 Å². The fourth-order valence-corrected chi connectivity index (χ4v) is 3.55. The van der Waals surface area contributed by atoms with Crippen LogP contribution in [0.15, 0.2) is 58.3 Å². The van der Waals surface area contributed by atoms with Crippen molar-refractivity contribution in [1.29, 1.82) is 5.41 Å². The fourth-order valence-electron chi connectivity index (χ4n) is 3.55. The number of aliphatic imine (C=N–C) groups is 1. The van der Waals surface area contributed by atoms with Gasteiger partial charge in [-0.1, -0.05) is 31.2 Å². The first kappa shape index (κ1) is 30.8. The topological polar surface area (TPSA) is 182 Å². The average molecular weight is 540 g/mol. The number of carbonyl (C=O) groups is 1. The Morgan fingerprint density at radius 2 is 1.82 bits per heavy atom. The summed E-state index contributed by atoms with van der Waals surface area (Å²) in [6.07, 6.45) is 0.0855. The average Bonchev–Trinajstić information content (AvgIpc) is 2.90. The van der Waals surface area contributed by atoms with Crippen LogP contribution in [0.25, 0.3) is 10.9 Å². The van der Waals surface area contributed by atoms with E-state index in [4.69, 9.17) is 26.4 Å². The molecule has 2 aromatic carbocycles. The number of nitrogens with two attached hydrogens (primary N) is 2. The van der Waals surface area contributed by atoms with Crippen LogP contribution in [0.4, 0.5) is 0 Å². The molecule has 0 amide bonds. The molecule has 0 spiro atoms. The minimum atomic E-state index is -0.974. The SMILES string of the molecule is CCO[C@H](Cc1ccc(OCCn2c(CC)nc3ccccc3c2=O)cc1)C(=O)O.CN(C)C(=N)N=C(N)N. The number of benzene rings is 2. The van der Waals surface area contributed by atoms with Crippen LogP contribution in [-0.2, 0) is 28.9 Å². The van der Waals surface area contributed by atoms with E-state index in [1.165, 1.54) is 4.90 Å². The van der Waals surface area contributed by atoms with E-state index < -0.39 is 12.1 Å². The first-order valence-electron chi connectivity index (χ1n) is 12.5. The molecule has 0 saturated heterocycles. The quantitative estimate of drug-likeness (QED) is 0.221. The van der Waals surface area contributed by atoms with Gasteiger partial charge in [0.2, 0.25) is 5.96 Å². The number of aryl methyl sites for hydroxylation is 1. The van der Waals surface area contributed by atoms with Gasteiger partial charge in [-0.3, -0.25) is 14.8 Å². The van der Waals surface area contributed by atoms with Crippen molar-refractivity contribution in [2.24, 2.45) is 16.5 Å². The molecule has 6 N–H and O–H groups in total. The number of nitrogens with zero attached hydrogens (tertiary/aromatic N) is 4. The molecule has 12 heteroatoms. The molecule has 0 aliphatic carbocycles. The number of aromatic nitrogens is 2. The van der Waals surface area contributed by atoms with Crippen molar-refractivity contribution in [3.63, 3.8) is 0 Å². The summed E-state index contributed by atoms with van der Waals surface area (Å²) in [6, 6.07) is 14.6. The molecule has 0 fully saturated rings. The first-order chi connectivity index (χ1) is 18.6. The van der Waals surface area contributed by atoms with Crippen LogP contribution in [0.5, 0.6) is 5.75 Å². The van der Waals surface area contributed by atoms with Gasteiger partial charge >= 0.3 is 5.97 Å². The molecule has 0 unspecified atom stereocenters. The predicted molar refractivity (Wildman–Crippen MR) is 151 cm³/mol. The third-order valence-corrected chi connectivity index (χ3v) is 5.49. The van der Waals surface area contributed by atoms with E-state index in [1.54, 1.807) is 43.8 Å². The Morgan fingerprint density at radius 1 is 1.15 bits per heavy atom. The molecular formula is C27H37N7O5. The van der Waals surface area contributed by atoms with Crippen LogP contribution in [0, 0.1) is 5.41 Å². The minimum Gasteiger partial charge on any atom is -0.492 e. The number of para-hydroxylation sites is 1. The summed E-state index contributed by atoms with van der Waals surface area (Å²) >= 11 is 0. The Hall–Kier alpha value is -4.45. The van der Waals surface area contributed by atoms with Crippen molar-refractivity contribution in [3.8, 4) is 5.75 Å². The van der Waals surface area contributed by atoms with Gasteiger partial charge in [0, 0.05) is 33.5 Å². The highest BCUT2D eigenvalue weighted by atomic mass is 16.5.